The molecule has 2 aromatic rings. The van der Waals surface area contributed by atoms with Gasteiger partial charge in [-0.1, -0.05) is 5.16 Å². The highest BCUT2D eigenvalue weighted by Gasteiger charge is 2.27. The van der Waals surface area contributed by atoms with E-state index in [2.05, 4.69) is 10.5 Å². The Balaban J connectivity index is 1.63. The van der Waals surface area contributed by atoms with Crippen LogP contribution in [0.2, 0.25) is 0 Å². The zero-order valence-corrected chi connectivity index (χ0v) is 16.7. The fraction of sp³-hybridized carbons (Fsp3) is 0.500. The van der Waals surface area contributed by atoms with Crippen LogP contribution in [0, 0.1) is 26.7 Å². The number of aryl methyl sites for hydroxylation is 3. The summed E-state index contributed by atoms with van der Waals surface area (Å²) in [6.45, 7) is 6.96. The lowest BCUT2D eigenvalue weighted by atomic mass is 9.97. The molecule has 8 nitrogen and oxygen atoms in total. The summed E-state index contributed by atoms with van der Waals surface area (Å²) < 4.78 is 6.46. The van der Waals surface area contributed by atoms with Crippen molar-refractivity contribution in [2.45, 2.75) is 33.6 Å². The minimum Gasteiger partial charge on any atom is -0.361 e. The van der Waals surface area contributed by atoms with Crippen molar-refractivity contribution in [3.63, 3.8) is 0 Å². The van der Waals surface area contributed by atoms with Gasteiger partial charge in [-0.2, -0.15) is 0 Å². The Hall–Kier alpha value is -2.90. The lowest BCUT2D eigenvalue weighted by Crippen LogP contribution is -2.44. The third-order valence-corrected chi connectivity index (χ3v) is 5.30. The van der Waals surface area contributed by atoms with E-state index in [0.29, 0.717) is 36.7 Å². The van der Waals surface area contributed by atoms with Gasteiger partial charge in [0.25, 0.3) is 17.4 Å². The molecular formula is C20H26N4O4. The Bertz CT molecular complexity index is 960. The highest BCUT2D eigenvalue weighted by atomic mass is 16.5. The molecule has 1 aliphatic heterocycles. The monoisotopic (exact) mass is 386 g/mol. The molecule has 0 aromatic carbocycles. The lowest BCUT2D eigenvalue weighted by Gasteiger charge is -2.32. The number of hydrogen-bond acceptors (Lipinski definition) is 5. The van der Waals surface area contributed by atoms with E-state index in [4.69, 9.17) is 4.52 Å². The minimum atomic E-state index is -0.367. The predicted molar refractivity (Wildman–Crippen MR) is 103 cm³/mol. The third kappa shape index (κ3) is 4.00. The number of likely N-dealkylation sites (tertiary alicyclic amines) is 1. The summed E-state index contributed by atoms with van der Waals surface area (Å²) in [6.07, 6.45) is 1.77. The molecule has 2 aromatic heterocycles. The summed E-state index contributed by atoms with van der Waals surface area (Å²) in [5.41, 5.74) is 1.66. The molecular weight excluding hydrogens is 360 g/mol. The van der Waals surface area contributed by atoms with Crippen LogP contribution >= 0.6 is 0 Å². The molecule has 1 aliphatic rings. The molecule has 28 heavy (non-hydrogen) atoms. The third-order valence-electron chi connectivity index (χ3n) is 5.30. The number of hydrogen-bond donors (Lipinski definition) is 1. The first-order valence-corrected chi connectivity index (χ1v) is 9.46. The van der Waals surface area contributed by atoms with Crippen LogP contribution in [0.25, 0.3) is 0 Å². The maximum absolute atomic E-state index is 12.6. The number of pyridine rings is 1. The molecule has 3 heterocycles. The van der Waals surface area contributed by atoms with E-state index in [1.54, 1.807) is 31.9 Å². The van der Waals surface area contributed by atoms with E-state index < -0.39 is 0 Å². The number of amides is 2. The van der Waals surface area contributed by atoms with E-state index in [1.807, 2.05) is 13.0 Å². The SMILES string of the molecule is Cc1cc(C(=O)N2CCCC(CNC(=O)c3c(C)cc(C)n(C)c3=O)C2)no1. The van der Waals surface area contributed by atoms with Crippen LogP contribution in [0.1, 0.15) is 50.7 Å². The van der Waals surface area contributed by atoms with Crippen molar-refractivity contribution >= 4 is 11.8 Å². The van der Waals surface area contributed by atoms with E-state index in [-0.39, 0.29) is 28.9 Å². The Morgan fingerprint density at radius 1 is 1.29 bits per heavy atom. The molecule has 1 N–H and O–H groups in total. The maximum Gasteiger partial charge on any atom is 0.276 e. The van der Waals surface area contributed by atoms with Gasteiger partial charge in [-0.25, -0.2) is 0 Å². The fourth-order valence-electron chi connectivity index (χ4n) is 3.63. The van der Waals surface area contributed by atoms with Gasteiger partial charge in [-0.05, 0) is 51.2 Å². The average molecular weight is 386 g/mol. The Labute approximate surface area is 163 Å². The van der Waals surface area contributed by atoms with Gasteiger partial charge in [-0.3, -0.25) is 14.4 Å². The summed E-state index contributed by atoms with van der Waals surface area (Å²) in [5.74, 6) is 0.202. The van der Waals surface area contributed by atoms with Gasteiger partial charge in [-0.15, -0.1) is 0 Å². The van der Waals surface area contributed by atoms with Gasteiger partial charge in [0.15, 0.2) is 5.69 Å². The molecule has 0 radical (unpaired) electrons. The molecule has 1 atom stereocenters. The van der Waals surface area contributed by atoms with Crippen LogP contribution in [-0.4, -0.2) is 46.1 Å². The summed E-state index contributed by atoms with van der Waals surface area (Å²) >= 11 is 0. The molecule has 3 rings (SSSR count). The van der Waals surface area contributed by atoms with Crippen LogP contribution in [0.5, 0.6) is 0 Å². The zero-order valence-electron chi connectivity index (χ0n) is 16.7. The number of carbonyl (C=O) groups is 2. The quantitative estimate of drug-likeness (QED) is 0.860. The number of rotatable bonds is 4. The number of nitrogens with zero attached hydrogens (tertiary/aromatic N) is 3. The summed E-state index contributed by atoms with van der Waals surface area (Å²) in [5, 5.41) is 6.67. The second kappa shape index (κ2) is 8.00. The zero-order chi connectivity index (χ0) is 20.4. The molecule has 8 heteroatoms. The topological polar surface area (TPSA) is 97.4 Å². The fourth-order valence-corrected chi connectivity index (χ4v) is 3.63. The van der Waals surface area contributed by atoms with Gasteiger partial charge < -0.3 is 19.3 Å². The van der Waals surface area contributed by atoms with Gasteiger partial charge in [0, 0.05) is 38.4 Å². The van der Waals surface area contributed by atoms with Gasteiger partial charge in [0.05, 0.1) is 0 Å². The Morgan fingerprint density at radius 3 is 2.71 bits per heavy atom. The highest BCUT2D eigenvalue weighted by molar-refractivity contribution is 5.95. The van der Waals surface area contributed by atoms with Gasteiger partial charge in [0.1, 0.15) is 11.3 Å². The van der Waals surface area contributed by atoms with Gasteiger partial charge in [0.2, 0.25) is 0 Å². The van der Waals surface area contributed by atoms with Crippen LogP contribution in [0.4, 0.5) is 0 Å². The van der Waals surface area contributed by atoms with Crippen molar-refractivity contribution in [1.29, 1.82) is 0 Å². The first-order chi connectivity index (χ1) is 13.3. The van der Waals surface area contributed by atoms with Crippen molar-refractivity contribution < 1.29 is 14.1 Å². The molecule has 0 bridgehead atoms. The minimum absolute atomic E-state index is 0.129. The number of aromatic nitrogens is 2. The molecule has 0 aliphatic carbocycles. The molecule has 1 unspecified atom stereocenters. The van der Waals surface area contributed by atoms with Crippen LogP contribution in [0.3, 0.4) is 0 Å². The Kier molecular flexibility index (Phi) is 5.67. The van der Waals surface area contributed by atoms with E-state index in [0.717, 1.165) is 18.5 Å². The molecule has 0 spiro atoms. The van der Waals surface area contributed by atoms with Crippen molar-refractivity contribution in [1.82, 2.24) is 19.9 Å². The number of nitrogens with one attached hydrogen (secondary N) is 1. The van der Waals surface area contributed by atoms with E-state index in [9.17, 15) is 14.4 Å². The van der Waals surface area contributed by atoms with Crippen LogP contribution in [0.15, 0.2) is 21.5 Å². The number of carbonyl (C=O) groups excluding carboxylic acids is 2. The smallest absolute Gasteiger partial charge is 0.276 e. The van der Waals surface area contributed by atoms with Crippen LogP contribution < -0.4 is 10.9 Å². The van der Waals surface area contributed by atoms with E-state index in [1.165, 1.54) is 4.57 Å². The summed E-state index contributed by atoms with van der Waals surface area (Å²) in [6, 6.07) is 3.46. The average Bonchev–Trinajstić information content (AvgIpc) is 3.10. The van der Waals surface area contributed by atoms with E-state index >= 15 is 0 Å². The summed E-state index contributed by atoms with van der Waals surface area (Å²) in [4.78, 5) is 39.3. The maximum atomic E-state index is 12.6. The van der Waals surface area contributed by atoms with Crippen molar-refractivity contribution in [3.8, 4) is 0 Å². The van der Waals surface area contributed by atoms with Crippen molar-refractivity contribution in [2.75, 3.05) is 19.6 Å². The van der Waals surface area contributed by atoms with Crippen molar-refractivity contribution in [3.05, 3.63) is 50.8 Å². The molecule has 1 fully saturated rings. The second-order valence-corrected chi connectivity index (χ2v) is 7.50. The lowest BCUT2D eigenvalue weighted by molar-refractivity contribution is 0.0660. The second-order valence-electron chi connectivity index (χ2n) is 7.50. The standard InChI is InChI=1S/C20H26N4O4/c1-12-8-13(2)23(4)20(27)17(12)18(25)21-10-15-6-5-7-24(11-15)19(26)16-9-14(3)28-22-16/h8-9,15H,5-7,10-11H2,1-4H3,(H,21,25). The predicted octanol–water partition coefficient (Wildman–Crippen LogP) is 1.58. The first-order valence-electron chi connectivity index (χ1n) is 9.46. The van der Waals surface area contributed by atoms with Crippen molar-refractivity contribution in [2.24, 2.45) is 13.0 Å². The highest BCUT2D eigenvalue weighted by Crippen LogP contribution is 2.18. The molecule has 150 valence electrons. The summed E-state index contributed by atoms with van der Waals surface area (Å²) in [7, 11) is 1.66. The largest absolute Gasteiger partial charge is 0.361 e. The molecule has 2 amide bonds. The van der Waals surface area contributed by atoms with Crippen LogP contribution in [-0.2, 0) is 7.05 Å². The first kappa shape index (κ1) is 19.9. The Morgan fingerprint density at radius 2 is 2.04 bits per heavy atom. The molecule has 0 saturated carbocycles. The normalized spacial score (nSPS) is 16.9. The number of piperidine rings is 1. The molecule has 1 saturated heterocycles. The van der Waals surface area contributed by atoms with Gasteiger partial charge >= 0.3 is 0 Å².